The van der Waals surface area contributed by atoms with Gasteiger partial charge in [0.05, 0.1) is 17.8 Å². The number of aromatic nitrogens is 3. The van der Waals surface area contributed by atoms with Crippen LogP contribution in [0.1, 0.15) is 17.2 Å². The Morgan fingerprint density at radius 1 is 1.30 bits per heavy atom. The summed E-state index contributed by atoms with van der Waals surface area (Å²) in [6, 6.07) is 10.2. The topological polar surface area (TPSA) is 68.8 Å². The summed E-state index contributed by atoms with van der Waals surface area (Å²) in [4.78, 5) is 4.38. The highest BCUT2D eigenvalue weighted by atomic mass is 15.2. The number of rotatable bonds is 4. The van der Waals surface area contributed by atoms with Gasteiger partial charge in [-0.1, -0.05) is 18.2 Å². The quantitative estimate of drug-likeness (QED) is 0.558. The first kappa shape index (κ1) is 12.8. The normalized spacial score (nSPS) is 12.7. The molecule has 0 aliphatic rings. The zero-order valence-electron chi connectivity index (χ0n) is 11.3. The Bertz CT molecular complexity index is 714. The predicted octanol–water partition coefficient (Wildman–Crippen LogP) is 1.72. The first-order valence-corrected chi connectivity index (χ1v) is 6.55. The maximum Gasteiger partial charge on any atom is 0.0705 e. The van der Waals surface area contributed by atoms with Gasteiger partial charge in [0, 0.05) is 24.8 Å². The third kappa shape index (κ3) is 2.41. The summed E-state index contributed by atoms with van der Waals surface area (Å²) in [5.41, 5.74) is 6.19. The lowest BCUT2D eigenvalue weighted by molar-refractivity contribution is 0.555. The van der Waals surface area contributed by atoms with Crippen molar-refractivity contribution in [2.24, 2.45) is 12.9 Å². The number of hydrogen-bond donors (Lipinski definition) is 2. The van der Waals surface area contributed by atoms with Crippen LogP contribution in [0, 0.1) is 0 Å². The highest BCUT2D eigenvalue weighted by molar-refractivity contribution is 5.82. The molecule has 3 rings (SSSR count). The van der Waals surface area contributed by atoms with Gasteiger partial charge < -0.3 is 0 Å². The summed E-state index contributed by atoms with van der Waals surface area (Å²) in [6.07, 6.45) is 6.47. The molecule has 2 aromatic heterocycles. The fourth-order valence-corrected chi connectivity index (χ4v) is 2.50. The van der Waals surface area contributed by atoms with Crippen molar-refractivity contribution < 1.29 is 0 Å². The van der Waals surface area contributed by atoms with Crippen LogP contribution in [0.3, 0.4) is 0 Å². The number of aryl methyl sites for hydroxylation is 1. The van der Waals surface area contributed by atoms with Gasteiger partial charge in [0.25, 0.3) is 0 Å². The second-order valence-electron chi connectivity index (χ2n) is 4.86. The lowest BCUT2D eigenvalue weighted by Gasteiger charge is -2.17. The van der Waals surface area contributed by atoms with Crippen LogP contribution < -0.4 is 11.3 Å². The summed E-state index contributed by atoms with van der Waals surface area (Å²) < 4.78 is 1.80. The Labute approximate surface area is 117 Å². The van der Waals surface area contributed by atoms with Crippen molar-refractivity contribution in [1.29, 1.82) is 0 Å². The molecular formula is C15H17N5. The van der Waals surface area contributed by atoms with Gasteiger partial charge in [-0.3, -0.25) is 20.9 Å². The van der Waals surface area contributed by atoms with Crippen LogP contribution >= 0.6 is 0 Å². The molecule has 0 spiro atoms. The number of hydrogen-bond acceptors (Lipinski definition) is 4. The Morgan fingerprint density at radius 2 is 2.20 bits per heavy atom. The van der Waals surface area contributed by atoms with E-state index in [0.717, 1.165) is 28.5 Å². The molecule has 3 aromatic rings. The maximum atomic E-state index is 5.75. The van der Waals surface area contributed by atoms with Crippen molar-refractivity contribution in [1.82, 2.24) is 20.2 Å². The van der Waals surface area contributed by atoms with Gasteiger partial charge in [-0.25, -0.2) is 0 Å². The number of fused-ring (bicyclic) bond motifs is 1. The van der Waals surface area contributed by atoms with Gasteiger partial charge in [-0.05, 0) is 29.7 Å². The second-order valence-corrected chi connectivity index (χ2v) is 4.86. The fraction of sp³-hybridized carbons (Fsp3) is 0.200. The number of benzene rings is 1. The minimum atomic E-state index is 0.0344. The van der Waals surface area contributed by atoms with E-state index >= 15 is 0 Å². The maximum absolute atomic E-state index is 5.75. The lowest BCUT2D eigenvalue weighted by atomic mass is 9.97. The van der Waals surface area contributed by atoms with E-state index in [4.69, 9.17) is 5.84 Å². The molecule has 0 aliphatic heterocycles. The van der Waals surface area contributed by atoms with Gasteiger partial charge in [0.2, 0.25) is 0 Å². The molecule has 2 heterocycles. The van der Waals surface area contributed by atoms with E-state index in [1.807, 2.05) is 37.6 Å². The van der Waals surface area contributed by atoms with E-state index in [1.54, 1.807) is 10.9 Å². The average molecular weight is 267 g/mol. The van der Waals surface area contributed by atoms with Crippen LogP contribution in [0.4, 0.5) is 0 Å². The minimum Gasteiger partial charge on any atom is -0.276 e. The number of nitrogens with two attached hydrogens (primary N) is 1. The van der Waals surface area contributed by atoms with Gasteiger partial charge >= 0.3 is 0 Å². The van der Waals surface area contributed by atoms with Crippen LogP contribution in [-0.2, 0) is 13.5 Å². The molecular weight excluding hydrogens is 250 g/mol. The average Bonchev–Trinajstić information content (AvgIpc) is 2.89. The molecule has 0 aliphatic carbocycles. The zero-order chi connectivity index (χ0) is 13.9. The van der Waals surface area contributed by atoms with Gasteiger partial charge in [-0.2, -0.15) is 5.10 Å². The van der Waals surface area contributed by atoms with E-state index in [9.17, 15) is 0 Å². The molecule has 0 bridgehead atoms. The molecule has 0 saturated carbocycles. The van der Waals surface area contributed by atoms with E-state index in [1.165, 1.54) is 0 Å². The molecule has 0 fully saturated rings. The molecule has 20 heavy (non-hydrogen) atoms. The van der Waals surface area contributed by atoms with Crippen LogP contribution in [0.2, 0.25) is 0 Å². The third-order valence-corrected chi connectivity index (χ3v) is 3.45. The Kier molecular flexibility index (Phi) is 3.45. The van der Waals surface area contributed by atoms with Crippen molar-refractivity contribution >= 4 is 10.9 Å². The van der Waals surface area contributed by atoms with Crippen LogP contribution in [-0.4, -0.2) is 14.8 Å². The van der Waals surface area contributed by atoms with Crippen molar-refractivity contribution in [2.45, 2.75) is 12.5 Å². The SMILES string of the molecule is Cn1cc(CC(NN)c2cccc3ncccc23)cn1. The van der Waals surface area contributed by atoms with Gasteiger partial charge in [0.1, 0.15) is 0 Å². The molecule has 102 valence electrons. The summed E-state index contributed by atoms with van der Waals surface area (Å²) in [6.45, 7) is 0. The van der Waals surface area contributed by atoms with Crippen molar-refractivity contribution in [3.05, 3.63) is 60.0 Å². The number of pyridine rings is 1. The predicted molar refractivity (Wildman–Crippen MR) is 78.7 cm³/mol. The highest BCUT2D eigenvalue weighted by Gasteiger charge is 2.14. The van der Waals surface area contributed by atoms with Crippen molar-refractivity contribution in [2.75, 3.05) is 0 Å². The van der Waals surface area contributed by atoms with E-state index in [0.29, 0.717) is 0 Å². The summed E-state index contributed by atoms with van der Waals surface area (Å²) in [5, 5.41) is 5.32. The molecule has 3 N–H and O–H groups in total. The third-order valence-electron chi connectivity index (χ3n) is 3.45. The highest BCUT2D eigenvalue weighted by Crippen LogP contribution is 2.25. The number of nitrogens with one attached hydrogen (secondary N) is 1. The molecule has 0 amide bonds. The second kappa shape index (κ2) is 5.40. The molecule has 0 saturated heterocycles. The molecule has 0 radical (unpaired) electrons. The molecule has 5 heteroatoms. The molecule has 1 atom stereocenters. The summed E-state index contributed by atoms with van der Waals surface area (Å²) >= 11 is 0. The van der Waals surface area contributed by atoms with Crippen LogP contribution in [0.5, 0.6) is 0 Å². The van der Waals surface area contributed by atoms with E-state index < -0.39 is 0 Å². The zero-order valence-corrected chi connectivity index (χ0v) is 11.3. The van der Waals surface area contributed by atoms with Crippen LogP contribution in [0.25, 0.3) is 10.9 Å². The molecule has 5 nitrogen and oxygen atoms in total. The number of hydrazine groups is 1. The summed E-state index contributed by atoms with van der Waals surface area (Å²) in [7, 11) is 1.91. The first-order chi connectivity index (χ1) is 9.78. The van der Waals surface area contributed by atoms with Crippen molar-refractivity contribution in [3.63, 3.8) is 0 Å². The van der Waals surface area contributed by atoms with Crippen molar-refractivity contribution in [3.8, 4) is 0 Å². The molecule has 1 aromatic carbocycles. The smallest absolute Gasteiger partial charge is 0.0705 e. The minimum absolute atomic E-state index is 0.0344. The lowest BCUT2D eigenvalue weighted by Crippen LogP contribution is -2.29. The summed E-state index contributed by atoms with van der Waals surface area (Å²) in [5.74, 6) is 5.75. The number of nitrogens with zero attached hydrogens (tertiary/aromatic N) is 3. The van der Waals surface area contributed by atoms with E-state index in [2.05, 4.69) is 27.6 Å². The monoisotopic (exact) mass is 267 g/mol. The Morgan fingerprint density at radius 3 is 2.95 bits per heavy atom. The largest absolute Gasteiger partial charge is 0.276 e. The fourth-order valence-electron chi connectivity index (χ4n) is 2.50. The Balaban J connectivity index is 1.98. The van der Waals surface area contributed by atoms with Crippen LogP contribution in [0.15, 0.2) is 48.9 Å². The first-order valence-electron chi connectivity index (χ1n) is 6.55. The Hall–Kier alpha value is -2.24. The van der Waals surface area contributed by atoms with Gasteiger partial charge in [-0.15, -0.1) is 0 Å². The van der Waals surface area contributed by atoms with E-state index in [-0.39, 0.29) is 6.04 Å². The molecule has 1 unspecified atom stereocenters. The van der Waals surface area contributed by atoms with Gasteiger partial charge in [0.15, 0.2) is 0 Å². The standard InChI is InChI=1S/C15H17N5/c1-20-10-11(9-18-20)8-15(19-16)13-4-2-6-14-12(13)5-3-7-17-14/h2-7,9-10,15,19H,8,16H2,1H3.